The number of hydrogen-bond acceptors (Lipinski definition) is 6. The van der Waals surface area contributed by atoms with Gasteiger partial charge in [0.2, 0.25) is 10.0 Å². The van der Waals surface area contributed by atoms with Crippen LogP contribution in [-0.2, 0) is 10.0 Å². The van der Waals surface area contributed by atoms with Gasteiger partial charge in [0.15, 0.2) is 5.13 Å². The van der Waals surface area contributed by atoms with E-state index in [0.717, 1.165) is 16.4 Å². The molecule has 1 aliphatic rings. The minimum Gasteiger partial charge on any atom is -0.345 e. The predicted molar refractivity (Wildman–Crippen MR) is 119 cm³/mol. The molecule has 4 rings (SSSR count). The van der Waals surface area contributed by atoms with Gasteiger partial charge in [-0.1, -0.05) is 24.3 Å². The van der Waals surface area contributed by atoms with Crippen molar-refractivity contribution >= 4 is 26.5 Å². The number of hydrogen-bond donors (Lipinski definition) is 0. The van der Waals surface area contributed by atoms with Gasteiger partial charge in [-0.3, -0.25) is 0 Å². The first kappa shape index (κ1) is 20.5. The second kappa shape index (κ2) is 8.19. The topological polar surface area (TPSA) is 77.3 Å². The van der Waals surface area contributed by atoms with E-state index in [9.17, 15) is 13.7 Å². The molecular weight excluding hydrogens is 416 g/mol. The summed E-state index contributed by atoms with van der Waals surface area (Å²) in [6.45, 7) is 6.04. The molecule has 8 heteroatoms. The summed E-state index contributed by atoms with van der Waals surface area (Å²) in [5, 5.41) is 12.2. The Morgan fingerprint density at radius 3 is 2.47 bits per heavy atom. The Balaban J connectivity index is 1.48. The lowest BCUT2D eigenvalue weighted by Crippen LogP contribution is -2.48. The normalized spacial score (nSPS) is 15.2. The van der Waals surface area contributed by atoms with Crippen LogP contribution in [-0.4, -0.2) is 43.9 Å². The zero-order valence-electron chi connectivity index (χ0n) is 16.9. The lowest BCUT2D eigenvalue weighted by atomic mass is 10.1. The quantitative estimate of drug-likeness (QED) is 0.619. The van der Waals surface area contributed by atoms with Crippen LogP contribution in [0.5, 0.6) is 0 Å². The number of aryl methyl sites for hydroxylation is 2. The maximum Gasteiger partial charge on any atom is 0.244 e. The lowest BCUT2D eigenvalue weighted by Gasteiger charge is -2.33. The van der Waals surface area contributed by atoms with E-state index in [1.165, 1.54) is 27.6 Å². The number of sulfonamides is 1. The Kier molecular flexibility index (Phi) is 5.60. The van der Waals surface area contributed by atoms with Crippen LogP contribution in [0.25, 0.3) is 11.3 Å². The maximum atomic E-state index is 13.0. The summed E-state index contributed by atoms with van der Waals surface area (Å²) in [5.41, 5.74) is 4.70. The van der Waals surface area contributed by atoms with Gasteiger partial charge in [-0.15, -0.1) is 11.3 Å². The van der Waals surface area contributed by atoms with Gasteiger partial charge in [0.25, 0.3) is 0 Å². The summed E-state index contributed by atoms with van der Waals surface area (Å²) >= 11 is 1.58. The van der Waals surface area contributed by atoms with Gasteiger partial charge in [-0.25, -0.2) is 13.4 Å². The van der Waals surface area contributed by atoms with Gasteiger partial charge in [0, 0.05) is 37.1 Å². The molecule has 0 bridgehead atoms. The van der Waals surface area contributed by atoms with Crippen LogP contribution in [0.1, 0.15) is 16.7 Å². The number of nitriles is 1. The Bertz CT molecular complexity index is 1220. The standard InChI is InChI=1S/C22H22N4O2S2/c1-16-7-8-18(13-17(16)2)20-15-29-22(24-20)25-9-11-26(12-10-25)30(27,28)21-6-4-3-5-19(21)14-23/h3-8,13,15H,9-12H2,1-2H3. The van der Waals surface area contributed by atoms with Gasteiger partial charge in [0.05, 0.1) is 16.2 Å². The van der Waals surface area contributed by atoms with Crippen molar-refractivity contribution < 1.29 is 8.42 Å². The predicted octanol–water partition coefficient (Wildman–Crippen LogP) is 3.81. The number of anilines is 1. The van der Waals surface area contributed by atoms with Crippen molar-refractivity contribution in [2.75, 3.05) is 31.1 Å². The minimum absolute atomic E-state index is 0.0761. The first-order valence-corrected chi connectivity index (χ1v) is 12.0. The van der Waals surface area contributed by atoms with Gasteiger partial charge in [0.1, 0.15) is 6.07 Å². The molecule has 2 heterocycles. The molecule has 0 amide bonds. The van der Waals surface area contributed by atoms with Crippen LogP contribution in [0.4, 0.5) is 5.13 Å². The molecule has 2 aromatic carbocycles. The molecule has 1 saturated heterocycles. The van der Waals surface area contributed by atoms with Crippen LogP contribution in [0.3, 0.4) is 0 Å². The third kappa shape index (κ3) is 3.84. The van der Waals surface area contributed by atoms with Crippen molar-refractivity contribution in [1.82, 2.24) is 9.29 Å². The molecule has 0 spiro atoms. The highest BCUT2D eigenvalue weighted by atomic mass is 32.2. The molecule has 0 aliphatic carbocycles. The van der Waals surface area contributed by atoms with E-state index >= 15 is 0 Å². The summed E-state index contributed by atoms with van der Waals surface area (Å²) in [4.78, 5) is 6.98. The van der Waals surface area contributed by atoms with Gasteiger partial charge >= 0.3 is 0 Å². The molecule has 0 unspecified atom stereocenters. The number of rotatable bonds is 4. The molecule has 0 radical (unpaired) electrons. The van der Waals surface area contributed by atoms with Crippen LogP contribution >= 0.6 is 11.3 Å². The molecule has 30 heavy (non-hydrogen) atoms. The van der Waals surface area contributed by atoms with E-state index < -0.39 is 10.0 Å². The van der Waals surface area contributed by atoms with E-state index in [1.54, 1.807) is 23.5 Å². The highest BCUT2D eigenvalue weighted by Crippen LogP contribution is 2.30. The van der Waals surface area contributed by atoms with Crippen molar-refractivity contribution in [3.05, 3.63) is 64.5 Å². The first-order chi connectivity index (χ1) is 14.4. The van der Waals surface area contributed by atoms with Crippen LogP contribution < -0.4 is 4.90 Å². The summed E-state index contributed by atoms with van der Waals surface area (Å²) in [7, 11) is -3.69. The molecule has 154 valence electrons. The van der Waals surface area contributed by atoms with Gasteiger partial charge < -0.3 is 4.90 Å². The summed E-state index contributed by atoms with van der Waals surface area (Å²) in [5.74, 6) is 0. The zero-order chi connectivity index (χ0) is 21.3. The van der Waals surface area contributed by atoms with E-state index in [-0.39, 0.29) is 10.5 Å². The van der Waals surface area contributed by atoms with E-state index in [2.05, 4.69) is 36.9 Å². The summed E-state index contributed by atoms with van der Waals surface area (Å²) < 4.78 is 27.5. The fourth-order valence-electron chi connectivity index (χ4n) is 3.49. The SMILES string of the molecule is Cc1ccc(-c2csc(N3CCN(S(=O)(=O)c4ccccc4C#N)CC3)n2)cc1C. The monoisotopic (exact) mass is 438 g/mol. The minimum atomic E-state index is -3.69. The Hall–Kier alpha value is -2.73. The molecule has 1 fully saturated rings. The molecule has 1 aliphatic heterocycles. The summed E-state index contributed by atoms with van der Waals surface area (Å²) in [6.07, 6.45) is 0. The smallest absolute Gasteiger partial charge is 0.244 e. The number of nitrogens with zero attached hydrogens (tertiary/aromatic N) is 4. The van der Waals surface area contributed by atoms with E-state index in [1.807, 2.05) is 11.4 Å². The second-order valence-electron chi connectivity index (χ2n) is 7.31. The molecule has 0 atom stereocenters. The number of piperazine rings is 1. The molecular formula is C22H22N4O2S2. The number of thiazole rings is 1. The average Bonchev–Trinajstić information content (AvgIpc) is 3.26. The van der Waals surface area contributed by atoms with Gasteiger partial charge in [-0.05, 0) is 43.2 Å². The van der Waals surface area contributed by atoms with Crippen molar-refractivity contribution in [3.8, 4) is 17.3 Å². The van der Waals surface area contributed by atoms with Crippen LogP contribution in [0.2, 0.25) is 0 Å². The third-order valence-electron chi connectivity index (χ3n) is 5.43. The van der Waals surface area contributed by atoms with Crippen LogP contribution in [0.15, 0.2) is 52.7 Å². The first-order valence-electron chi connectivity index (χ1n) is 9.67. The highest BCUT2D eigenvalue weighted by molar-refractivity contribution is 7.89. The van der Waals surface area contributed by atoms with E-state index in [4.69, 9.17) is 4.98 Å². The number of benzene rings is 2. The fraction of sp³-hybridized carbons (Fsp3) is 0.273. The zero-order valence-corrected chi connectivity index (χ0v) is 18.5. The van der Waals surface area contributed by atoms with Crippen LogP contribution in [0, 0.1) is 25.2 Å². The highest BCUT2D eigenvalue weighted by Gasteiger charge is 2.31. The Morgan fingerprint density at radius 1 is 1.03 bits per heavy atom. The molecule has 3 aromatic rings. The van der Waals surface area contributed by atoms with Crippen molar-refractivity contribution in [2.45, 2.75) is 18.7 Å². The Morgan fingerprint density at radius 2 is 1.77 bits per heavy atom. The maximum absolute atomic E-state index is 13.0. The third-order valence-corrected chi connectivity index (χ3v) is 8.29. The average molecular weight is 439 g/mol. The fourth-order valence-corrected chi connectivity index (χ4v) is 5.94. The largest absolute Gasteiger partial charge is 0.345 e. The summed E-state index contributed by atoms with van der Waals surface area (Å²) in [6, 6.07) is 14.7. The Labute approximate surface area is 181 Å². The van der Waals surface area contributed by atoms with Crippen molar-refractivity contribution in [1.29, 1.82) is 5.26 Å². The number of aromatic nitrogens is 1. The van der Waals surface area contributed by atoms with E-state index in [0.29, 0.717) is 26.2 Å². The molecule has 6 nitrogen and oxygen atoms in total. The molecule has 0 saturated carbocycles. The lowest BCUT2D eigenvalue weighted by molar-refractivity contribution is 0.384. The van der Waals surface area contributed by atoms with Crippen molar-refractivity contribution in [3.63, 3.8) is 0 Å². The molecule has 0 N–H and O–H groups in total. The second-order valence-corrected chi connectivity index (χ2v) is 10.1. The molecule has 1 aromatic heterocycles. The van der Waals surface area contributed by atoms with Gasteiger partial charge in [-0.2, -0.15) is 9.57 Å². The van der Waals surface area contributed by atoms with Crippen molar-refractivity contribution in [2.24, 2.45) is 0 Å².